The number of Topliss-reactive ketones (excluding diaryl/α,β-unsaturated/α-hetero) is 1. The van der Waals surface area contributed by atoms with Gasteiger partial charge in [0.2, 0.25) is 0 Å². The number of ketones is 1. The van der Waals surface area contributed by atoms with E-state index in [1.54, 1.807) is 6.08 Å². The normalized spacial score (nSPS) is 48.0. The Morgan fingerprint density at radius 2 is 1.89 bits per heavy atom. The number of carbonyl (C=O) groups excluding carboxylic acids is 1. The lowest BCUT2D eigenvalue weighted by Crippen LogP contribution is -2.58. The molecule has 4 heteroatoms. The topological polar surface area (TPSA) is 74.6 Å². The van der Waals surface area contributed by atoms with Crippen LogP contribution in [0.5, 0.6) is 0 Å². The molecular formula is C24H34O4. The second-order valence-corrected chi connectivity index (χ2v) is 10.4. The monoisotopic (exact) mass is 386 g/mol. The van der Waals surface area contributed by atoms with Crippen molar-refractivity contribution in [2.75, 3.05) is 0 Å². The van der Waals surface area contributed by atoms with Crippen LogP contribution >= 0.6 is 0 Å². The molecule has 0 aliphatic heterocycles. The number of hydrogen-bond donors (Lipinski definition) is 2. The number of rotatable bonds is 3. The minimum atomic E-state index is -0.955. The Kier molecular flexibility index (Phi) is 4.85. The molecule has 8 atom stereocenters. The third-order valence-electron chi connectivity index (χ3n) is 9.48. The number of aliphatic hydroxyl groups excluding tert-OH is 1. The van der Waals surface area contributed by atoms with Crippen LogP contribution in [0.1, 0.15) is 65.2 Å². The lowest BCUT2D eigenvalue weighted by atomic mass is 9.44. The number of hydrogen-bond acceptors (Lipinski definition) is 3. The van der Waals surface area contributed by atoms with Gasteiger partial charge in [-0.1, -0.05) is 32.1 Å². The van der Waals surface area contributed by atoms with Crippen LogP contribution in [0.25, 0.3) is 0 Å². The molecule has 4 saturated carbocycles. The molecule has 1 unspecified atom stereocenters. The highest BCUT2D eigenvalue weighted by Gasteiger charge is 2.63. The quantitative estimate of drug-likeness (QED) is 0.557. The molecule has 0 radical (unpaired) electrons. The third-order valence-corrected chi connectivity index (χ3v) is 9.48. The van der Waals surface area contributed by atoms with Gasteiger partial charge < -0.3 is 10.2 Å². The Morgan fingerprint density at radius 3 is 2.61 bits per heavy atom. The zero-order valence-corrected chi connectivity index (χ0v) is 17.2. The van der Waals surface area contributed by atoms with E-state index in [0.717, 1.165) is 50.5 Å². The van der Waals surface area contributed by atoms with Crippen LogP contribution in [0.2, 0.25) is 0 Å². The maximum Gasteiger partial charge on any atom is 0.328 e. The Balaban J connectivity index is 1.61. The summed E-state index contributed by atoms with van der Waals surface area (Å²) in [5.74, 6) is 1.64. The number of carbonyl (C=O) groups is 2. The second-order valence-electron chi connectivity index (χ2n) is 10.4. The SMILES string of the molecule is C=C(C=CC(=O)O)[C@H]1CC[C@H]2[C@@H]3CCC4CC(=O)CC[C@]4(C)[C@H]3C[C@H](O)[C@]12C. The van der Waals surface area contributed by atoms with Crippen molar-refractivity contribution in [3.8, 4) is 0 Å². The molecule has 0 heterocycles. The van der Waals surface area contributed by atoms with E-state index in [1.807, 2.05) is 0 Å². The van der Waals surface area contributed by atoms with E-state index in [9.17, 15) is 14.7 Å². The van der Waals surface area contributed by atoms with Gasteiger partial charge in [0.05, 0.1) is 6.10 Å². The summed E-state index contributed by atoms with van der Waals surface area (Å²) in [5, 5.41) is 20.3. The van der Waals surface area contributed by atoms with Crippen LogP contribution < -0.4 is 0 Å². The Morgan fingerprint density at radius 1 is 1.14 bits per heavy atom. The first kappa shape index (κ1) is 19.9. The predicted octanol–water partition coefficient (Wildman–Crippen LogP) is 4.38. The van der Waals surface area contributed by atoms with Gasteiger partial charge in [-0.15, -0.1) is 0 Å². The number of carboxylic acid groups (broad SMARTS) is 1. The van der Waals surface area contributed by atoms with Gasteiger partial charge in [-0.2, -0.15) is 0 Å². The summed E-state index contributed by atoms with van der Waals surface area (Å²) in [6.07, 6.45) is 9.98. The number of allylic oxidation sites excluding steroid dienone is 2. The largest absolute Gasteiger partial charge is 0.478 e. The van der Waals surface area contributed by atoms with Gasteiger partial charge in [-0.05, 0) is 73.5 Å². The number of fused-ring (bicyclic) bond motifs is 5. The van der Waals surface area contributed by atoms with Crippen molar-refractivity contribution >= 4 is 11.8 Å². The van der Waals surface area contributed by atoms with E-state index in [-0.39, 0.29) is 16.7 Å². The summed E-state index contributed by atoms with van der Waals surface area (Å²) >= 11 is 0. The summed E-state index contributed by atoms with van der Waals surface area (Å²) in [5.41, 5.74) is 0.791. The Bertz CT molecular complexity index is 724. The molecule has 0 amide bonds. The summed E-state index contributed by atoms with van der Waals surface area (Å²) in [4.78, 5) is 23.0. The average Bonchev–Trinajstić information content (AvgIpc) is 3.00. The number of carboxylic acids is 1. The zero-order valence-electron chi connectivity index (χ0n) is 17.2. The molecule has 2 N–H and O–H groups in total. The fourth-order valence-electron chi connectivity index (χ4n) is 7.91. The van der Waals surface area contributed by atoms with Crippen molar-refractivity contribution in [3.63, 3.8) is 0 Å². The molecule has 4 aliphatic carbocycles. The van der Waals surface area contributed by atoms with Gasteiger partial charge in [0.1, 0.15) is 5.78 Å². The summed E-state index contributed by atoms with van der Waals surface area (Å²) < 4.78 is 0. The number of aliphatic hydroxyl groups is 1. The van der Waals surface area contributed by atoms with Crippen LogP contribution in [-0.4, -0.2) is 28.1 Å². The molecule has 0 saturated heterocycles. The highest BCUT2D eigenvalue weighted by atomic mass is 16.4. The summed E-state index contributed by atoms with van der Waals surface area (Å²) in [7, 11) is 0. The summed E-state index contributed by atoms with van der Waals surface area (Å²) in [6, 6.07) is 0. The maximum atomic E-state index is 12.0. The Hall–Kier alpha value is -1.42. The Labute approximate surface area is 168 Å². The van der Waals surface area contributed by atoms with E-state index in [2.05, 4.69) is 20.4 Å². The molecular weight excluding hydrogens is 352 g/mol. The third kappa shape index (κ3) is 2.82. The fourth-order valence-corrected chi connectivity index (χ4v) is 7.91. The van der Waals surface area contributed by atoms with Gasteiger partial charge in [0.15, 0.2) is 0 Å². The van der Waals surface area contributed by atoms with Crippen molar-refractivity contribution in [2.45, 2.75) is 71.3 Å². The van der Waals surface area contributed by atoms with E-state index in [1.165, 1.54) is 6.08 Å². The van der Waals surface area contributed by atoms with Gasteiger partial charge >= 0.3 is 5.97 Å². The van der Waals surface area contributed by atoms with E-state index >= 15 is 0 Å². The molecule has 4 fully saturated rings. The zero-order chi connectivity index (χ0) is 20.3. The highest BCUT2D eigenvalue weighted by molar-refractivity contribution is 5.80. The minimum Gasteiger partial charge on any atom is -0.478 e. The highest BCUT2D eigenvalue weighted by Crippen LogP contribution is 2.68. The first-order valence-electron chi connectivity index (χ1n) is 11.0. The van der Waals surface area contributed by atoms with Crippen molar-refractivity contribution in [1.29, 1.82) is 0 Å². The van der Waals surface area contributed by atoms with Gasteiger partial charge in [0.25, 0.3) is 0 Å². The van der Waals surface area contributed by atoms with Gasteiger partial charge in [-0.25, -0.2) is 4.79 Å². The van der Waals surface area contributed by atoms with Crippen LogP contribution in [0.4, 0.5) is 0 Å². The smallest absolute Gasteiger partial charge is 0.328 e. The molecule has 0 aromatic heterocycles. The van der Waals surface area contributed by atoms with Gasteiger partial charge in [-0.3, -0.25) is 4.79 Å². The van der Waals surface area contributed by atoms with Crippen LogP contribution in [-0.2, 0) is 9.59 Å². The fraction of sp³-hybridized carbons (Fsp3) is 0.750. The van der Waals surface area contributed by atoms with E-state index in [4.69, 9.17) is 5.11 Å². The lowest BCUT2D eigenvalue weighted by Gasteiger charge is -2.61. The predicted molar refractivity (Wildman–Crippen MR) is 108 cm³/mol. The standard InChI is InChI=1S/C24H34O4/c1-14(4-9-22(27)28)18-7-8-19-17-6-5-15-12-16(25)10-11-23(15,2)20(17)13-21(26)24(18,19)3/h4,9,15,17-21,26H,1,5-8,10-13H2,2-3H3,(H,27,28)/t15?,17-,18+,19-,20-,21-,23-,24+/m0/s1. The summed E-state index contributed by atoms with van der Waals surface area (Å²) in [6.45, 7) is 8.78. The molecule has 28 heavy (non-hydrogen) atoms. The van der Waals surface area contributed by atoms with Crippen LogP contribution in [0, 0.1) is 40.4 Å². The molecule has 4 aliphatic rings. The van der Waals surface area contributed by atoms with Crippen molar-refractivity contribution < 1.29 is 19.8 Å². The van der Waals surface area contributed by atoms with Crippen molar-refractivity contribution in [2.24, 2.45) is 40.4 Å². The van der Waals surface area contributed by atoms with Crippen LogP contribution in [0.15, 0.2) is 24.3 Å². The lowest BCUT2D eigenvalue weighted by molar-refractivity contribution is -0.164. The molecule has 0 aromatic carbocycles. The molecule has 0 bridgehead atoms. The molecule has 0 aromatic rings. The minimum absolute atomic E-state index is 0.141. The molecule has 154 valence electrons. The number of aliphatic carboxylic acids is 1. The molecule has 0 spiro atoms. The van der Waals surface area contributed by atoms with Gasteiger partial charge in [0, 0.05) is 24.3 Å². The van der Waals surface area contributed by atoms with E-state index < -0.39 is 12.1 Å². The maximum absolute atomic E-state index is 12.0. The molecule has 4 nitrogen and oxygen atoms in total. The molecule has 4 rings (SSSR count). The first-order valence-corrected chi connectivity index (χ1v) is 11.0. The second kappa shape index (κ2) is 6.83. The van der Waals surface area contributed by atoms with Crippen molar-refractivity contribution in [3.05, 3.63) is 24.3 Å². The average molecular weight is 387 g/mol. The first-order chi connectivity index (χ1) is 13.2. The van der Waals surface area contributed by atoms with E-state index in [0.29, 0.717) is 35.9 Å². The van der Waals surface area contributed by atoms with Crippen molar-refractivity contribution in [1.82, 2.24) is 0 Å². The van der Waals surface area contributed by atoms with Crippen LogP contribution in [0.3, 0.4) is 0 Å².